The average molecular weight is 347 g/mol. The van der Waals surface area contributed by atoms with Crippen LogP contribution in [-0.4, -0.2) is 23.2 Å². The predicted octanol–water partition coefficient (Wildman–Crippen LogP) is 4.11. The first-order valence-corrected chi connectivity index (χ1v) is 8.21. The summed E-state index contributed by atoms with van der Waals surface area (Å²) in [5.41, 5.74) is 0.855. The number of piperidine rings is 1. The van der Waals surface area contributed by atoms with Gasteiger partial charge >= 0.3 is 0 Å². The SMILES string of the molecule is OC1(c2ccccc2Cl)CCN(c2nc3cc(F)ccc3o2)CC1. The van der Waals surface area contributed by atoms with Crippen molar-refractivity contribution in [2.45, 2.75) is 18.4 Å². The van der Waals surface area contributed by atoms with E-state index < -0.39 is 5.60 Å². The molecule has 0 amide bonds. The molecule has 2 aromatic carbocycles. The van der Waals surface area contributed by atoms with E-state index in [4.69, 9.17) is 16.0 Å². The minimum absolute atomic E-state index is 0.339. The van der Waals surface area contributed by atoms with Gasteiger partial charge < -0.3 is 14.4 Å². The Kier molecular flexibility index (Phi) is 3.70. The Hall–Kier alpha value is -2.11. The third-order valence-electron chi connectivity index (χ3n) is 4.57. The van der Waals surface area contributed by atoms with Crippen LogP contribution in [-0.2, 0) is 5.60 Å². The molecule has 4 rings (SSSR count). The smallest absolute Gasteiger partial charge is 0.298 e. The number of nitrogens with zero attached hydrogens (tertiary/aromatic N) is 2. The molecule has 1 aromatic heterocycles. The number of halogens is 2. The maximum Gasteiger partial charge on any atom is 0.298 e. The van der Waals surface area contributed by atoms with Crippen LogP contribution in [0.4, 0.5) is 10.4 Å². The molecule has 0 atom stereocenters. The van der Waals surface area contributed by atoms with Crippen molar-refractivity contribution in [3.63, 3.8) is 0 Å². The minimum Gasteiger partial charge on any atom is -0.423 e. The summed E-state index contributed by atoms with van der Waals surface area (Å²) in [6.07, 6.45) is 1.04. The molecule has 124 valence electrons. The van der Waals surface area contributed by atoms with Gasteiger partial charge in [-0.25, -0.2) is 4.39 Å². The molecule has 0 unspecified atom stereocenters. The van der Waals surface area contributed by atoms with Crippen LogP contribution in [0.15, 0.2) is 46.9 Å². The molecular weight excluding hydrogens is 331 g/mol. The Morgan fingerprint density at radius 1 is 1.17 bits per heavy atom. The number of rotatable bonds is 2. The van der Waals surface area contributed by atoms with E-state index in [0.29, 0.717) is 48.1 Å². The third-order valence-corrected chi connectivity index (χ3v) is 4.90. The molecule has 1 aliphatic heterocycles. The third kappa shape index (κ3) is 2.64. The lowest BCUT2D eigenvalue weighted by Gasteiger charge is -2.38. The van der Waals surface area contributed by atoms with Gasteiger partial charge in [0.05, 0.1) is 5.60 Å². The van der Waals surface area contributed by atoms with E-state index in [9.17, 15) is 9.50 Å². The standard InChI is InChI=1S/C18H16ClFN2O2/c19-14-4-2-1-3-13(14)18(23)7-9-22(10-8-18)17-21-15-11-12(20)5-6-16(15)24-17/h1-6,11,23H,7-10H2. The van der Waals surface area contributed by atoms with Gasteiger partial charge in [-0.2, -0.15) is 4.98 Å². The van der Waals surface area contributed by atoms with Crippen LogP contribution < -0.4 is 4.90 Å². The Bertz CT molecular complexity index is 888. The molecule has 2 heterocycles. The van der Waals surface area contributed by atoms with Crippen LogP contribution in [0.2, 0.25) is 5.02 Å². The van der Waals surface area contributed by atoms with E-state index in [0.717, 1.165) is 5.56 Å². The molecule has 3 aromatic rings. The van der Waals surface area contributed by atoms with Gasteiger partial charge in [0.1, 0.15) is 11.3 Å². The molecule has 1 N–H and O–H groups in total. The van der Waals surface area contributed by atoms with Crippen molar-refractivity contribution in [2.24, 2.45) is 0 Å². The van der Waals surface area contributed by atoms with Crippen molar-refractivity contribution in [2.75, 3.05) is 18.0 Å². The number of anilines is 1. The molecule has 0 bridgehead atoms. The lowest BCUT2D eigenvalue weighted by atomic mass is 9.84. The summed E-state index contributed by atoms with van der Waals surface area (Å²) in [6, 6.07) is 12.1. The van der Waals surface area contributed by atoms with Crippen LogP contribution in [0.25, 0.3) is 11.1 Å². The molecule has 1 fully saturated rings. The minimum atomic E-state index is -0.951. The second-order valence-electron chi connectivity index (χ2n) is 6.11. The van der Waals surface area contributed by atoms with Crippen molar-refractivity contribution < 1.29 is 13.9 Å². The fraction of sp³-hybridized carbons (Fsp3) is 0.278. The van der Waals surface area contributed by atoms with Crippen molar-refractivity contribution in [3.05, 3.63) is 58.9 Å². The first-order chi connectivity index (χ1) is 11.5. The number of fused-ring (bicyclic) bond motifs is 1. The Morgan fingerprint density at radius 2 is 1.92 bits per heavy atom. The van der Waals surface area contributed by atoms with Gasteiger partial charge in [0.15, 0.2) is 5.58 Å². The van der Waals surface area contributed by atoms with Crippen LogP contribution in [0.1, 0.15) is 18.4 Å². The second kappa shape index (κ2) is 5.76. The van der Waals surface area contributed by atoms with Crippen molar-refractivity contribution in [3.8, 4) is 0 Å². The molecule has 6 heteroatoms. The number of hydrogen-bond donors (Lipinski definition) is 1. The molecule has 1 saturated heterocycles. The van der Waals surface area contributed by atoms with Gasteiger partial charge in [0, 0.05) is 29.7 Å². The highest BCUT2D eigenvalue weighted by atomic mass is 35.5. The first kappa shape index (κ1) is 15.4. The summed E-state index contributed by atoms with van der Waals surface area (Å²) in [6.45, 7) is 1.16. The van der Waals surface area contributed by atoms with E-state index in [2.05, 4.69) is 4.98 Å². The molecule has 0 spiro atoms. The molecule has 0 saturated carbocycles. The van der Waals surface area contributed by atoms with Gasteiger partial charge in [-0.1, -0.05) is 29.8 Å². The lowest BCUT2D eigenvalue weighted by molar-refractivity contribution is 0.0112. The highest BCUT2D eigenvalue weighted by Gasteiger charge is 2.36. The molecule has 0 aliphatic carbocycles. The summed E-state index contributed by atoms with van der Waals surface area (Å²) >= 11 is 6.23. The van der Waals surface area contributed by atoms with Crippen LogP contribution in [0, 0.1) is 5.82 Å². The maximum absolute atomic E-state index is 13.3. The number of hydrogen-bond acceptors (Lipinski definition) is 4. The number of aliphatic hydroxyl groups is 1. The van der Waals surface area contributed by atoms with Gasteiger partial charge in [-0.15, -0.1) is 0 Å². The van der Waals surface area contributed by atoms with E-state index in [1.54, 1.807) is 12.1 Å². The second-order valence-corrected chi connectivity index (χ2v) is 6.51. The Morgan fingerprint density at radius 3 is 2.67 bits per heavy atom. The zero-order valence-electron chi connectivity index (χ0n) is 12.9. The topological polar surface area (TPSA) is 49.5 Å². The maximum atomic E-state index is 13.3. The summed E-state index contributed by atoms with van der Waals surface area (Å²) in [5, 5.41) is 11.5. The number of oxazole rings is 1. The van der Waals surface area contributed by atoms with Crippen LogP contribution in [0.5, 0.6) is 0 Å². The van der Waals surface area contributed by atoms with E-state index in [-0.39, 0.29) is 5.82 Å². The van der Waals surface area contributed by atoms with E-state index >= 15 is 0 Å². The highest BCUT2D eigenvalue weighted by molar-refractivity contribution is 6.31. The first-order valence-electron chi connectivity index (χ1n) is 7.84. The lowest BCUT2D eigenvalue weighted by Crippen LogP contribution is -2.43. The summed E-state index contributed by atoms with van der Waals surface area (Å²) in [5.74, 6) is -0.339. The van der Waals surface area contributed by atoms with Crippen LogP contribution >= 0.6 is 11.6 Å². The molecule has 0 radical (unpaired) electrons. The average Bonchev–Trinajstić information content (AvgIpc) is 2.99. The molecule has 4 nitrogen and oxygen atoms in total. The van der Waals surface area contributed by atoms with Gasteiger partial charge in [-0.05, 0) is 31.0 Å². The fourth-order valence-corrected chi connectivity index (χ4v) is 3.51. The van der Waals surface area contributed by atoms with E-state index in [1.807, 2.05) is 23.1 Å². The quantitative estimate of drug-likeness (QED) is 0.758. The van der Waals surface area contributed by atoms with Crippen molar-refractivity contribution >= 4 is 28.7 Å². The fourth-order valence-electron chi connectivity index (χ4n) is 3.20. The summed E-state index contributed by atoms with van der Waals surface area (Å²) in [4.78, 5) is 6.31. The van der Waals surface area contributed by atoms with Gasteiger partial charge in [0.25, 0.3) is 6.01 Å². The Balaban J connectivity index is 1.56. The summed E-state index contributed by atoms with van der Waals surface area (Å²) in [7, 11) is 0. The predicted molar refractivity (Wildman–Crippen MR) is 90.8 cm³/mol. The number of aromatic nitrogens is 1. The van der Waals surface area contributed by atoms with Crippen molar-refractivity contribution in [1.29, 1.82) is 0 Å². The zero-order chi connectivity index (χ0) is 16.7. The number of benzene rings is 2. The normalized spacial score (nSPS) is 17.4. The van der Waals surface area contributed by atoms with Crippen LogP contribution in [0.3, 0.4) is 0 Å². The summed E-state index contributed by atoms with van der Waals surface area (Å²) < 4.78 is 19.0. The monoisotopic (exact) mass is 346 g/mol. The largest absolute Gasteiger partial charge is 0.423 e. The molecule has 24 heavy (non-hydrogen) atoms. The van der Waals surface area contributed by atoms with Gasteiger partial charge in [-0.3, -0.25) is 0 Å². The molecular formula is C18H16ClFN2O2. The Labute approximate surface area is 143 Å². The van der Waals surface area contributed by atoms with Gasteiger partial charge in [0.2, 0.25) is 0 Å². The zero-order valence-corrected chi connectivity index (χ0v) is 13.6. The van der Waals surface area contributed by atoms with Crippen molar-refractivity contribution in [1.82, 2.24) is 4.98 Å². The highest BCUT2D eigenvalue weighted by Crippen LogP contribution is 2.38. The molecule has 1 aliphatic rings. The van der Waals surface area contributed by atoms with E-state index in [1.165, 1.54) is 12.1 Å².